The minimum absolute atomic E-state index is 0.383. The molecule has 1 aromatic heterocycles. The van der Waals surface area contributed by atoms with Crippen LogP contribution in [-0.2, 0) is 0 Å². The first-order valence-corrected chi connectivity index (χ1v) is 11.5. The lowest BCUT2D eigenvalue weighted by molar-refractivity contribution is 0.194. The zero-order chi connectivity index (χ0) is 22.2. The van der Waals surface area contributed by atoms with Gasteiger partial charge in [0.1, 0.15) is 11.4 Å². The molecular weight excluding hydrogens is 418 g/mol. The number of hydrogen-bond acceptors (Lipinski definition) is 4. The highest BCUT2D eigenvalue weighted by Gasteiger charge is 2.15. The third-order valence-corrected chi connectivity index (χ3v) is 5.90. The van der Waals surface area contributed by atoms with Crippen LogP contribution < -0.4 is 10.5 Å². The second kappa shape index (κ2) is 11.2. The van der Waals surface area contributed by atoms with Crippen LogP contribution in [0.2, 0.25) is 5.02 Å². The molecule has 1 aliphatic rings. The largest absolute Gasteiger partial charge is 0.494 e. The van der Waals surface area contributed by atoms with Crippen LogP contribution >= 0.6 is 11.6 Å². The monoisotopic (exact) mass is 445 g/mol. The smallest absolute Gasteiger partial charge is 0.119 e. The molecular formula is C27H28ClN3O. The lowest BCUT2D eigenvalue weighted by Gasteiger charge is -2.29. The minimum Gasteiger partial charge on any atom is -0.494 e. The molecule has 2 heterocycles. The molecule has 4 rings (SSSR count). The SMILES string of the molecule is NC1CCN(CCCOc2ccc(C#Cc3ccc(-c4ccc(Cl)cc4)cn3)cc2)CC1. The Bertz CT molecular complexity index is 1050. The Morgan fingerprint density at radius 1 is 0.938 bits per heavy atom. The second-order valence-corrected chi connectivity index (χ2v) is 8.53. The maximum atomic E-state index is 5.96. The number of ether oxygens (including phenoxy) is 1. The number of aromatic nitrogens is 1. The van der Waals surface area contributed by atoms with E-state index in [1.54, 1.807) is 0 Å². The van der Waals surface area contributed by atoms with Crippen LogP contribution in [-0.4, -0.2) is 42.2 Å². The molecule has 2 aromatic carbocycles. The molecule has 3 aromatic rings. The Hall–Kier alpha value is -2.84. The molecule has 0 spiro atoms. The number of likely N-dealkylation sites (tertiary alicyclic amines) is 1. The first-order chi connectivity index (χ1) is 15.7. The molecule has 1 saturated heterocycles. The van der Waals surface area contributed by atoms with Gasteiger partial charge in [0, 0.05) is 34.9 Å². The first kappa shape index (κ1) is 22.4. The lowest BCUT2D eigenvalue weighted by atomic mass is 10.1. The number of nitrogens with zero attached hydrogens (tertiary/aromatic N) is 2. The van der Waals surface area contributed by atoms with Gasteiger partial charge < -0.3 is 15.4 Å². The van der Waals surface area contributed by atoms with Crippen molar-refractivity contribution >= 4 is 11.6 Å². The van der Waals surface area contributed by atoms with Crippen molar-refractivity contribution in [3.8, 4) is 28.7 Å². The molecule has 0 bridgehead atoms. The summed E-state index contributed by atoms with van der Waals surface area (Å²) in [5.74, 6) is 7.17. The zero-order valence-electron chi connectivity index (χ0n) is 18.1. The maximum Gasteiger partial charge on any atom is 0.119 e. The normalized spacial score (nSPS) is 14.6. The topological polar surface area (TPSA) is 51.4 Å². The van der Waals surface area contributed by atoms with Gasteiger partial charge in [0.05, 0.1) is 6.61 Å². The number of pyridine rings is 1. The van der Waals surface area contributed by atoms with Crippen molar-refractivity contribution in [2.24, 2.45) is 5.73 Å². The van der Waals surface area contributed by atoms with E-state index < -0.39 is 0 Å². The minimum atomic E-state index is 0.383. The second-order valence-electron chi connectivity index (χ2n) is 8.09. The number of hydrogen-bond donors (Lipinski definition) is 1. The average Bonchev–Trinajstić information content (AvgIpc) is 2.83. The van der Waals surface area contributed by atoms with E-state index in [2.05, 4.69) is 21.7 Å². The molecule has 0 radical (unpaired) electrons. The third-order valence-electron chi connectivity index (χ3n) is 5.65. The van der Waals surface area contributed by atoms with E-state index in [-0.39, 0.29) is 0 Å². The predicted octanol–water partition coefficient (Wildman–Crippen LogP) is 4.99. The van der Waals surface area contributed by atoms with Crippen molar-refractivity contribution in [2.45, 2.75) is 25.3 Å². The molecule has 0 atom stereocenters. The number of piperidine rings is 1. The molecule has 4 nitrogen and oxygen atoms in total. The van der Waals surface area contributed by atoms with Gasteiger partial charge in [0.2, 0.25) is 0 Å². The predicted molar refractivity (Wildman–Crippen MR) is 131 cm³/mol. The van der Waals surface area contributed by atoms with E-state index >= 15 is 0 Å². The summed E-state index contributed by atoms with van der Waals surface area (Å²) in [6.07, 6.45) is 5.06. The number of nitrogens with two attached hydrogens (primary N) is 1. The summed E-state index contributed by atoms with van der Waals surface area (Å²) in [5.41, 5.74) is 9.75. The van der Waals surface area contributed by atoms with E-state index in [9.17, 15) is 0 Å². The van der Waals surface area contributed by atoms with E-state index in [1.807, 2.05) is 66.9 Å². The van der Waals surface area contributed by atoms with Crippen LogP contribution in [0.4, 0.5) is 0 Å². The van der Waals surface area contributed by atoms with Gasteiger partial charge in [-0.2, -0.15) is 0 Å². The molecule has 0 amide bonds. The van der Waals surface area contributed by atoms with Gasteiger partial charge in [0.25, 0.3) is 0 Å². The molecule has 0 unspecified atom stereocenters. The van der Waals surface area contributed by atoms with Crippen LogP contribution in [0.5, 0.6) is 5.75 Å². The van der Waals surface area contributed by atoms with Gasteiger partial charge in [-0.1, -0.05) is 35.7 Å². The molecule has 1 aliphatic heterocycles. The summed E-state index contributed by atoms with van der Waals surface area (Å²) in [6, 6.07) is 20.0. The zero-order valence-corrected chi connectivity index (χ0v) is 18.9. The molecule has 0 saturated carbocycles. The standard InChI is InChI=1S/C27H28ClN3O/c28-24-8-5-22(6-9-24)23-7-11-26(30-20-23)10-2-21-3-12-27(13-4-21)32-19-1-16-31-17-14-25(29)15-18-31/h3-9,11-13,20,25H,1,14-19,29H2. The van der Waals surface area contributed by atoms with Crippen LogP contribution in [0, 0.1) is 11.8 Å². The van der Waals surface area contributed by atoms with Gasteiger partial charge in [-0.15, -0.1) is 0 Å². The summed E-state index contributed by atoms with van der Waals surface area (Å²) in [7, 11) is 0. The summed E-state index contributed by atoms with van der Waals surface area (Å²) in [4.78, 5) is 6.93. The maximum absolute atomic E-state index is 5.96. The summed E-state index contributed by atoms with van der Waals surface area (Å²) >= 11 is 5.95. The number of benzene rings is 2. The van der Waals surface area contributed by atoms with Crippen molar-refractivity contribution in [3.63, 3.8) is 0 Å². The third kappa shape index (κ3) is 6.58. The van der Waals surface area contributed by atoms with E-state index in [0.717, 1.165) is 78.7 Å². The van der Waals surface area contributed by atoms with Crippen molar-refractivity contribution in [1.29, 1.82) is 0 Å². The Balaban J connectivity index is 1.24. The fourth-order valence-electron chi connectivity index (χ4n) is 3.71. The van der Waals surface area contributed by atoms with Gasteiger partial charge in [-0.05, 0) is 86.3 Å². The van der Waals surface area contributed by atoms with Crippen LogP contribution in [0.1, 0.15) is 30.5 Å². The Morgan fingerprint density at radius 3 is 2.34 bits per heavy atom. The highest BCUT2D eigenvalue weighted by molar-refractivity contribution is 6.30. The summed E-state index contributed by atoms with van der Waals surface area (Å²) < 4.78 is 5.88. The molecule has 5 heteroatoms. The van der Waals surface area contributed by atoms with Gasteiger partial charge >= 0.3 is 0 Å². The fraction of sp³-hybridized carbons (Fsp3) is 0.296. The molecule has 0 aliphatic carbocycles. The number of rotatable bonds is 6. The quantitative estimate of drug-likeness (QED) is 0.428. The van der Waals surface area contributed by atoms with E-state index in [4.69, 9.17) is 22.1 Å². The van der Waals surface area contributed by atoms with Gasteiger partial charge in [-0.25, -0.2) is 4.98 Å². The van der Waals surface area contributed by atoms with Crippen LogP contribution in [0.15, 0.2) is 66.9 Å². The van der Waals surface area contributed by atoms with Crippen LogP contribution in [0.25, 0.3) is 11.1 Å². The molecule has 164 valence electrons. The van der Waals surface area contributed by atoms with Gasteiger partial charge in [0.15, 0.2) is 0 Å². The highest BCUT2D eigenvalue weighted by Crippen LogP contribution is 2.20. The lowest BCUT2D eigenvalue weighted by Crippen LogP contribution is -2.40. The van der Waals surface area contributed by atoms with Crippen molar-refractivity contribution in [3.05, 3.63) is 83.1 Å². The Morgan fingerprint density at radius 2 is 1.66 bits per heavy atom. The summed E-state index contributed by atoms with van der Waals surface area (Å²) in [6.45, 7) is 4.00. The van der Waals surface area contributed by atoms with Crippen molar-refractivity contribution in [1.82, 2.24) is 9.88 Å². The summed E-state index contributed by atoms with van der Waals surface area (Å²) in [5, 5.41) is 0.726. The van der Waals surface area contributed by atoms with E-state index in [0.29, 0.717) is 6.04 Å². The van der Waals surface area contributed by atoms with Crippen molar-refractivity contribution in [2.75, 3.05) is 26.2 Å². The highest BCUT2D eigenvalue weighted by atomic mass is 35.5. The molecule has 2 N–H and O–H groups in total. The van der Waals surface area contributed by atoms with E-state index in [1.165, 1.54) is 0 Å². The first-order valence-electron chi connectivity index (χ1n) is 11.1. The van der Waals surface area contributed by atoms with Crippen molar-refractivity contribution < 1.29 is 4.74 Å². The molecule has 1 fully saturated rings. The Labute approximate surface area is 195 Å². The van der Waals surface area contributed by atoms with Crippen LogP contribution in [0.3, 0.4) is 0 Å². The fourth-order valence-corrected chi connectivity index (χ4v) is 3.83. The number of halogens is 1. The van der Waals surface area contributed by atoms with Gasteiger partial charge in [-0.3, -0.25) is 0 Å². The molecule has 32 heavy (non-hydrogen) atoms. The average molecular weight is 446 g/mol. The Kier molecular flexibility index (Phi) is 7.79.